The summed E-state index contributed by atoms with van der Waals surface area (Å²) in [6.07, 6.45) is 4.59. The van der Waals surface area contributed by atoms with Crippen LogP contribution in [0.4, 0.5) is 5.82 Å². The standard InChI is InChI=1S/C18H17N7O/c1-2-14(26)20-8-10-25-17-15(16(19)21-11-22-17)18(23-25)24-9-7-12-5-3-4-6-13(12)24/h2-7,9,11H,1,8,10H2,(H,20,26)(H2,19,21,22). The van der Waals surface area contributed by atoms with Crippen molar-refractivity contribution in [3.05, 3.63) is 55.5 Å². The molecule has 4 aromatic rings. The number of hydrogen-bond donors (Lipinski definition) is 2. The minimum absolute atomic E-state index is 0.229. The van der Waals surface area contributed by atoms with Gasteiger partial charge in [0.05, 0.1) is 12.1 Å². The molecular formula is C18H17N7O. The van der Waals surface area contributed by atoms with Crippen LogP contribution in [0.15, 0.2) is 55.5 Å². The first-order valence-corrected chi connectivity index (χ1v) is 8.13. The van der Waals surface area contributed by atoms with Crippen LogP contribution in [-0.4, -0.2) is 36.8 Å². The summed E-state index contributed by atoms with van der Waals surface area (Å²) in [6, 6.07) is 10.0. The van der Waals surface area contributed by atoms with E-state index in [1.807, 2.05) is 41.1 Å². The molecule has 0 aliphatic heterocycles. The van der Waals surface area contributed by atoms with Gasteiger partial charge in [0.1, 0.15) is 17.5 Å². The van der Waals surface area contributed by atoms with Gasteiger partial charge >= 0.3 is 0 Å². The fourth-order valence-corrected chi connectivity index (χ4v) is 2.96. The predicted molar refractivity (Wildman–Crippen MR) is 99.8 cm³/mol. The monoisotopic (exact) mass is 347 g/mol. The van der Waals surface area contributed by atoms with Gasteiger partial charge in [-0.2, -0.15) is 5.10 Å². The van der Waals surface area contributed by atoms with E-state index in [0.717, 1.165) is 10.9 Å². The summed E-state index contributed by atoms with van der Waals surface area (Å²) in [5.74, 6) is 0.797. The van der Waals surface area contributed by atoms with Gasteiger partial charge in [-0.25, -0.2) is 14.6 Å². The highest BCUT2D eigenvalue weighted by Gasteiger charge is 2.18. The maximum Gasteiger partial charge on any atom is 0.243 e. The quantitative estimate of drug-likeness (QED) is 0.534. The van der Waals surface area contributed by atoms with Crippen LogP contribution in [0.2, 0.25) is 0 Å². The number of nitrogens with zero attached hydrogens (tertiary/aromatic N) is 5. The molecule has 8 nitrogen and oxygen atoms in total. The van der Waals surface area contributed by atoms with Gasteiger partial charge in [0, 0.05) is 12.7 Å². The van der Waals surface area contributed by atoms with Crippen molar-refractivity contribution in [1.29, 1.82) is 0 Å². The van der Waals surface area contributed by atoms with Crippen LogP contribution < -0.4 is 11.1 Å². The summed E-state index contributed by atoms with van der Waals surface area (Å²) in [6.45, 7) is 4.29. The summed E-state index contributed by atoms with van der Waals surface area (Å²) in [7, 11) is 0. The molecule has 0 spiro atoms. The van der Waals surface area contributed by atoms with Crippen LogP contribution in [0, 0.1) is 0 Å². The topological polar surface area (TPSA) is 104 Å². The Balaban J connectivity index is 1.82. The van der Waals surface area contributed by atoms with Gasteiger partial charge in [-0.3, -0.25) is 9.36 Å². The van der Waals surface area contributed by atoms with Gasteiger partial charge in [0.15, 0.2) is 11.5 Å². The molecule has 0 aliphatic carbocycles. The number of carbonyl (C=O) groups is 1. The van der Waals surface area contributed by atoms with Crippen molar-refractivity contribution in [2.45, 2.75) is 6.54 Å². The van der Waals surface area contributed by atoms with E-state index in [-0.39, 0.29) is 5.91 Å². The van der Waals surface area contributed by atoms with Gasteiger partial charge in [-0.1, -0.05) is 24.8 Å². The van der Waals surface area contributed by atoms with Crippen LogP contribution in [0.3, 0.4) is 0 Å². The third-order valence-corrected chi connectivity index (χ3v) is 4.18. The van der Waals surface area contributed by atoms with E-state index < -0.39 is 0 Å². The summed E-state index contributed by atoms with van der Waals surface area (Å²) in [4.78, 5) is 19.8. The molecule has 4 rings (SSSR count). The lowest BCUT2D eigenvalue weighted by Gasteiger charge is -2.03. The average molecular weight is 347 g/mol. The van der Waals surface area contributed by atoms with Crippen molar-refractivity contribution >= 4 is 33.7 Å². The normalized spacial score (nSPS) is 11.1. The zero-order valence-electron chi connectivity index (χ0n) is 14.0. The molecule has 3 aromatic heterocycles. The number of carbonyl (C=O) groups excluding carboxylic acids is 1. The summed E-state index contributed by atoms with van der Waals surface area (Å²) >= 11 is 0. The molecule has 3 N–H and O–H groups in total. The third-order valence-electron chi connectivity index (χ3n) is 4.18. The lowest BCUT2D eigenvalue weighted by molar-refractivity contribution is -0.116. The van der Waals surface area contributed by atoms with Crippen LogP contribution in [0.1, 0.15) is 0 Å². The summed E-state index contributed by atoms with van der Waals surface area (Å²) in [5.41, 5.74) is 7.76. The first-order valence-electron chi connectivity index (χ1n) is 8.13. The Kier molecular flexibility index (Phi) is 3.85. The second kappa shape index (κ2) is 6.32. The zero-order valence-corrected chi connectivity index (χ0v) is 14.0. The zero-order chi connectivity index (χ0) is 18.1. The molecule has 8 heteroatoms. The molecular weight excluding hydrogens is 330 g/mol. The number of hydrogen-bond acceptors (Lipinski definition) is 5. The molecule has 130 valence electrons. The van der Waals surface area contributed by atoms with Gasteiger partial charge in [-0.15, -0.1) is 0 Å². The highest BCUT2D eigenvalue weighted by Crippen LogP contribution is 2.27. The van der Waals surface area contributed by atoms with E-state index in [1.54, 1.807) is 4.68 Å². The second-order valence-electron chi connectivity index (χ2n) is 5.74. The van der Waals surface area contributed by atoms with Crippen LogP contribution in [0.25, 0.3) is 27.8 Å². The molecule has 0 unspecified atom stereocenters. The van der Waals surface area contributed by atoms with E-state index in [4.69, 9.17) is 5.73 Å². The van der Waals surface area contributed by atoms with Crippen molar-refractivity contribution in [3.63, 3.8) is 0 Å². The largest absolute Gasteiger partial charge is 0.383 e. The Morgan fingerprint density at radius 3 is 2.96 bits per heavy atom. The number of nitrogens with one attached hydrogen (secondary N) is 1. The number of rotatable bonds is 5. The van der Waals surface area contributed by atoms with Crippen LogP contribution in [0.5, 0.6) is 0 Å². The van der Waals surface area contributed by atoms with Crippen molar-refractivity contribution < 1.29 is 4.79 Å². The smallest absolute Gasteiger partial charge is 0.243 e. The van der Waals surface area contributed by atoms with Crippen molar-refractivity contribution in [1.82, 2.24) is 29.6 Å². The predicted octanol–water partition coefficient (Wildman–Crippen LogP) is 1.65. The minimum atomic E-state index is -0.229. The Hall–Kier alpha value is -3.68. The maximum atomic E-state index is 11.3. The molecule has 0 saturated heterocycles. The fourth-order valence-electron chi connectivity index (χ4n) is 2.96. The number of fused-ring (bicyclic) bond motifs is 2. The second-order valence-corrected chi connectivity index (χ2v) is 5.74. The van der Waals surface area contributed by atoms with E-state index in [2.05, 4.69) is 27.0 Å². The number of nitrogen functional groups attached to an aromatic ring is 1. The summed E-state index contributed by atoms with van der Waals surface area (Å²) < 4.78 is 3.69. The van der Waals surface area contributed by atoms with E-state index in [1.165, 1.54) is 12.4 Å². The number of benzene rings is 1. The van der Waals surface area contributed by atoms with E-state index >= 15 is 0 Å². The molecule has 1 amide bonds. The van der Waals surface area contributed by atoms with Crippen LogP contribution >= 0.6 is 0 Å². The van der Waals surface area contributed by atoms with Gasteiger partial charge in [0.2, 0.25) is 5.91 Å². The number of anilines is 1. The SMILES string of the molecule is C=CC(=O)NCCn1nc(-n2ccc3ccccc32)c2c(N)ncnc21. The first-order chi connectivity index (χ1) is 12.7. The Labute approximate surface area is 149 Å². The van der Waals surface area contributed by atoms with Crippen LogP contribution in [-0.2, 0) is 11.3 Å². The molecule has 3 heterocycles. The number of amides is 1. The average Bonchev–Trinajstić information content (AvgIpc) is 3.24. The van der Waals surface area contributed by atoms with Gasteiger partial charge in [-0.05, 0) is 23.6 Å². The number of aromatic nitrogens is 5. The Morgan fingerprint density at radius 2 is 2.12 bits per heavy atom. The lowest BCUT2D eigenvalue weighted by atomic mass is 10.2. The Morgan fingerprint density at radius 1 is 1.27 bits per heavy atom. The molecule has 0 aliphatic rings. The van der Waals surface area contributed by atoms with Crippen molar-refractivity contribution in [2.75, 3.05) is 12.3 Å². The summed E-state index contributed by atoms with van der Waals surface area (Å²) in [5, 5.41) is 9.20. The van der Waals surface area contributed by atoms with Crippen molar-refractivity contribution in [2.24, 2.45) is 0 Å². The molecule has 0 bridgehead atoms. The molecule has 0 saturated carbocycles. The first kappa shape index (κ1) is 15.8. The van der Waals surface area contributed by atoms with E-state index in [9.17, 15) is 4.79 Å². The minimum Gasteiger partial charge on any atom is -0.383 e. The van der Waals surface area contributed by atoms with Gasteiger partial charge < -0.3 is 11.1 Å². The molecule has 0 fully saturated rings. The molecule has 0 radical (unpaired) electrons. The molecule has 1 aromatic carbocycles. The lowest BCUT2D eigenvalue weighted by Crippen LogP contribution is -2.25. The van der Waals surface area contributed by atoms with Gasteiger partial charge in [0.25, 0.3) is 0 Å². The third kappa shape index (κ3) is 2.57. The highest BCUT2D eigenvalue weighted by atomic mass is 16.1. The Bertz CT molecular complexity index is 1130. The fraction of sp³-hybridized carbons (Fsp3) is 0.111. The molecule has 26 heavy (non-hydrogen) atoms. The van der Waals surface area contributed by atoms with Crippen molar-refractivity contribution in [3.8, 4) is 5.82 Å². The number of nitrogens with two attached hydrogens (primary N) is 1. The number of para-hydroxylation sites is 1. The highest BCUT2D eigenvalue weighted by molar-refractivity contribution is 5.94. The maximum absolute atomic E-state index is 11.3. The molecule has 0 atom stereocenters. The van der Waals surface area contributed by atoms with E-state index in [0.29, 0.717) is 35.8 Å².